The average molecular weight is 1150 g/mol. The van der Waals surface area contributed by atoms with Crippen molar-refractivity contribution in [1.29, 1.82) is 0 Å². The summed E-state index contributed by atoms with van der Waals surface area (Å²) >= 11 is 6.79. The van der Waals surface area contributed by atoms with E-state index >= 15 is 8.78 Å². The van der Waals surface area contributed by atoms with E-state index in [4.69, 9.17) is 11.6 Å². The van der Waals surface area contributed by atoms with Crippen molar-refractivity contribution in [2.24, 2.45) is 5.92 Å². The van der Waals surface area contributed by atoms with Gasteiger partial charge in [-0.3, -0.25) is 23.9 Å². The van der Waals surface area contributed by atoms with Crippen LogP contribution >= 0.6 is 11.6 Å². The lowest BCUT2D eigenvalue weighted by Gasteiger charge is -2.28. The fourth-order valence-corrected chi connectivity index (χ4v) is 10.7. The number of pyridine rings is 1. The fourth-order valence-electron chi connectivity index (χ4n) is 9.33. The predicted octanol–water partition coefficient (Wildman–Crippen LogP) is 8.25. The van der Waals surface area contributed by atoms with Crippen LogP contribution in [0.25, 0.3) is 22.0 Å². The molecule has 0 spiro atoms. The molecule has 0 saturated heterocycles. The third-order valence-corrected chi connectivity index (χ3v) is 16.6. The number of nitrogens with one attached hydrogen (secondary N) is 1. The Balaban J connectivity index is 1.48. The number of benzene rings is 2. The van der Waals surface area contributed by atoms with Gasteiger partial charge in [-0.2, -0.15) is 49.6 Å². The van der Waals surface area contributed by atoms with Gasteiger partial charge in [-0.25, -0.2) is 30.6 Å². The number of sulfonamides is 1. The SMILES string of the molecule is CN(C)CCCC[C@@H](C(=O)N(c1nn(CC(F)(F)F)c2c(-c3ccc(C#CC(C)(C)S(C)(=O)=O)nc3[C@H](Cc3cc(F)cc(F)c3)NC(=O)Cn3nc(C(F)(F)F)c4c3C(F)(F)C3C[C@H]43)ccc(Cl)c12)S(C)(=O)=O)N(C)C. The summed E-state index contributed by atoms with van der Waals surface area (Å²) in [5.41, 5.74) is -5.66. The van der Waals surface area contributed by atoms with Crippen molar-refractivity contribution in [1.82, 2.24) is 39.7 Å². The zero-order valence-corrected chi connectivity index (χ0v) is 44.9. The summed E-state index contributed by atoms with van der Waals surface area (Å²) in [6.45, 7) is -0.118. The number of amides is 2. The zero-order valence-electron chi connectivity index (χ0n) is 42.5. The summed E-state index contributed by atoms with van der Waals surface area (Å²) < 4.78 is 200. The Morgan fingerprint density at radius 3 is 2.12 bits per heavy atom. The Labute approximate surface area is 441 Å². The maximum atomic E-state index is 15.7. The van der Waals surface area contributed by atoms with Crippen molar-refractivity contribution >= 4 is 60.0 Å². The summed E-state index contributed by atoms with van der Waals surface area (Å²) in [6, 6.07) is 3.85. The molecule has 2 aliphatic carbocycles. The first-order chi connectivity index (χ1) is 35.4. The lowest BCUT2D eigenvalue weighted by Crippen LogP contribution is -2.48. The van der Waals surface area contributed by atoms with Crippen LogP contribution in [0, 0.1) is 29.4 Å². The van der Waals surface area contributed by atoms with Crippen LogP contribution in [0.3, 0.4) is 0 Å². The van der Waals surface area contributed by atoms with E-state index in [-0.39, 0.29) is 44.2 Å². The molecule has 0 radical (unpaired) electrons. The molecule has 1 unspecified atom stereocenters. The summed E-state index contributed by atoms with van der Waals surface area (Å²) in [6.07, 6.45) is -8.68. The topological polar surface area (TPSA) is 173 Å². The highest BCUT2D eigenvalue weighted by Crippen LogP contribution is 2.68. The van der Waals surface area contributed by atoms with Crippen molar-refractivity contribution in [3.05, 3.63) is 93.0 Å². The number of hydrogen-bond donors (Lipinski definition) is 1. The van der Waals surface area contributed by atoms with Gasteiger partial charge in [0.05, 0.1) is 40.0 Å². The second-order valence-electron chi connectivity index (χ2n) is 20.2. The van der Waals surface area contributed by atoms with Crippen molar-refractivity contribution in [3.63, 3.8) is 0 Å². The Morgan fingerprint density at radius 1 is 0.909 bits per heavy atom. The Kier molecular flexibility index (Phi) is 16.1. The summed E-state index contributed by atoms with van der Waals surface area (Å²) in [5, 5.41) is 9.04. The van der Waals surface area contributed by atoms with Crippen LogP contribution < -0.4 is 9.62 Å². The molecule has 28 heteroatoms. The summed E-state index contributed by atoms with van der Waals surface area (Å²) in [4.78, 5) is 36.8. The number of fused-ring (bicyclic) bond motifs is 4. The second-order valence-corrected chi connectivity index (χ2v) is 25.0. The molecule has 0 bridgehead atoms. The molecule has 3 aromatic heterocycles. The van der Waals surface area contributed by atoms with Gasteiger partial charge in [0.15, 0.2) is 21.3 Å². The van der Waals surface area contributed by atoms with E-state index in [2.05, 4.69) is 32.3 Å². The lowest BCUT2D eigenvalue weighted by atomic mass is 9.93. The van der Waals surface area contributed by atoms with E-state index in [1.165, 1.54) is 45.0 Å². The number of anilines is 1. The first kappa shape index (κ1) is 58.9. The molecular weight excluding hydrogens is 1100 g/mol. The van der Waals surface area contributed by atoms with Gasteiger partial charge >= 0.3 is 12.4 Å². The standard InChI is InChI=1S/C49H52ClF10N9O6S2/c1-46(2,76(7,72)73)17-16-29-12-13-30(31-14-15-34(50)39-41(31)68(25-47(53,54)55)64-44(39)69(77(8,74)75)45(71)36(66(5)6)11-9-10-18-65(3)4)40(61-29)35(21-26-19-27(51)22-28(52)20-26)62-37(70)24-67-43-38(42(63-67)49(58,59)60)32-23-33(32)48(43,56)57/h12-15,19-20,22,32-33,35-36H,9-11,18,21,23-25H2,1-8H3,(H,62,70)/t32-,33?,35-,36-/m0/s1. The predicted molar refractivity (Wildman–Crippen MR) is 265 cm³/mol. The molecule has 5 aromatic rings. The monoisotopic (exact) mass is 1150 g/mol. The van der Waals surface area contributed by atoms with Crippen molar-refractivity contribution in [2.75, 3.05) is 51.6 Å². The van der Waals surface area contributed by atoms with Crippen LogP contribution in [0.5, 0.6) is 0 Å². The van der Waals surface area contributed by atoms with Gasteiger partial charge in [0.25, 0.3) is 11.8 Å². The van der Waals surface area contributed by atoms with Crippen molar-refractivity contribution in [3.8, 4) is 23.0 Å². The molecule has 77 heavy (non-hydrogen) atoms. The molecule has 0 aliphatic heterocycles. The maximum Gasteiger partial charge on any atom is 0.435 e. The first-order valence-electron chi connectivity index (χ1n) is 23.6. The van der Waals surface area contributed by atoms with Crippen LogP contribution in [-0.4, -0.2) is 127 Å². The molecule has 418 valence electrons. The Morgan fingerprint density at radius 2 is 1.55 bits per heavy atom. The highest BCUT2D eigenvalue weighted by atomic mass is 35.5. The van der Waals surface area contributed by atoms with Crippen molar-refractivity contribution < 1.29 is 70.3 Å². The van der Waals surface area contributed by atoms with Gasteiger partial charge in [-0.15, -0.1) is 0 Å². The van der Waals surface area contributed by atoms with Crippen LogP contribution in [0.15, 0.2) is 42.5 Å². The van der Waals surface area contributed by atoms with E-state index in [9.17, 15) is 61.5 Å². The van der Waals surface area contributed by atoms with Gasteiger partial charge in [-0.1, -0.05) is 30.0 Å². The quantitative estimate of drug-likeness (QED) is 0.0509. The van der Waals surface area contributed by atoms with Gasteiger partial charge in [0.2, 0.25) is 15.9 Å². The minimum absolute atomic E-state index is 0.0929. The number of halogens is 11. The Hall–Kier alpha value is -5.82. The lowest BCUT2D eigenvalue weighted by molar-refractivity contribution is -0.143. The van der Waals surface area contributed by atoms with Crippen LogP contribution in [-0.2, 0) is 61.1 Å². The molecule has 2 aliphatic rings. The molecule has 2 amide bonds. The van der Waals surface area contributed by atoms with Gasteiger partial charge < -0.3 is 10.2 Å². The number of aromatic nitrogens is 5. The molecular formula is C49H52ClF10N9O6S2. The summed E-state index contributed by atoms with van der Waals surface area (Å²) in [5.74, 6) is -6.89. The smallest absolute Gasteiger partial charge is 0.346 e. The molecule has 1 saturated carbocycles. The second kappa shape index (κ2) is 21.1. The third-order valence-electron chi connectivity index (χ3n) is 13.3. The number of likely N-dealkylation sites (N-methyl/N-ethyl adjacent to an activating group) is 1. The van der Waals surface area contributed by atoms with E-state index < -0.39 is 154 Å². The average Bonchev–Trinajstić information content (AvgIpc) is 3.81. The molecule has 3 heterocycles. The number of unbranched alkanes of at least 4 members (excludes halogenated alkanes) is 1. The molecule has 4 atom stereocenters. The highest BCUT2D eigenvalue weighted by molar-refractivity contribution is 7.93. The number of alkyl halides is 8. The summed E-state index contributed by atoms with van der Waals surface area (Å²) in [7, 11) is -2.04. The van der Waals surface area contributed by atoms with E-state index in [1.807, 2.05) is 19.0 Å². The number of rotatable bonds is 18. The normalized spacial score (nSPS) is 17.3. The maximum absolute atomic E-state index is 15.7. The number of nitrogens with zero attached hydrogens (tertiary/aromatic N) is 8. The van der Waals surface area contributed by atoms with Gasteiger partial charge in [0, 0.05) is 34.9 Å². The number of sulfone groups is 1. The number of carbonyl (C=O) groups excluding carboxylic acids is 2. The molecule has 15 nitrogen and oxygen atoms in total. The molecule has 2 aromatic carbocycles. The highest BCUT2D eigenvalue weighted by Gasteiger charge is 2.68. The van der Waals surface area contributed by atoms with Crippen LogP contribution in [0.2, 0.25) is 5.02 Å². The Bertz CT molecular complexity index is 3420. The van der Waals surface area contributed by atoms with Crippen molar-refractivity contribution in [2.45, 2.75) is 100 Å². The first-order valence-corrected chi connectivity index (χ1v) is 27.7. The molecule has 1 N–H and O–H groups in total. The van der Waals surface area contributed by atoms with E-state index in [0.717, 1.165) is 30.5 Å². The fraction of sp³-hybridized carbons (Fsp3) is 0.490. The number of carbonyl (C=O) groups is 2. The minimum atomic E-state index is -5.22. The number of hydrogen-bond acceptors (Lipinski definition) is 11. The largest absolute Gasteiger partial charge is 0.435 e. The van der Waals surface area contributed by atoms with E-state index in [0.29, 0.717) is 36.4 Å². The van der Waals surface area contributed by atoms with Gasteiger partial charge in [0.1, 0.15) is 40.9 Å². The zero-order chi connectivity index (χ0) is 57.3. The van der Waals surface area contributed by atoms with Gasteiger partial charge in [-0.05, 0) is 122 Å². The van der Waals surface area contributed by atoms with Crippen LogP contribution in [0.1, 0.15) is 85.4 Å². The third kappa shape index (κ3) is 12.6. The van der Waals surface area contributed by atoms with E-state index in [1.54, 1.807) is 0 Å². The van der Waals surface area contributed by atoms with Crippen LogP contribution in [0.4, 0.5) is 49.7 Å². The minimum Gasteiger partial charge on any atom is -0.346 e. The molecule has 7 rings (SSSR count). The molecule has 1 fully saturated rings.